The van der Waals surface area contributed by atoms with Crippen LogP contribution in [0.3, 0.4) is 0 Å². The number of likely N-dealkylation sites (tertiary alicyclic amines) is 1. The van der Waals surface area contributed by atoms with Gasteiger partial charge in [-0.05, 0) is 16.5 Å². The fourth-order valence-electron chi connectivity index (χ4n) is 3.48. The lowest BCUT2D eigenvalue weighted by Gasteiger charge is -2.26. The Balaban J connectivity index is 2.14. The molecule has 1 atom stereocenters. The summed E-state index contributed by atoms with van der Waals surface area (Å²) < 4.78 is 0. The first kappa shape index (κ1) is 19.8. The number of Topliss-reactive ketones (excluding diaryl/α,β-unsaturated/α-hetero) is 1. The molecule has 1 unspecified atom stereocenters. The molecule has 0 radical (unpaired) electrons. The van der Waals surface area contributed by atoms with E-state index in [2.05, 4.69) is 20.8 Å². The molecule has 0 bridgehead atoms. The summed E-state index contributed by atoms with van der Waals surface area (Å²) in [4.78, 5) is 26.6. The molecule has 1 heterocycles. The van der Waals surface area contributed by atoms with Crippen molar-refractivity contribution in [1.29, 1.82) is 0 Å². The summed E-state index contributed by atoms with van der Waals surface area (Å²) in [5.74, 6) is -1.65. The first-order valence-corrected chi connectivity index (χ1v) is 9.31. The zero-order valence-corrected chi connectivity index (χ0v) is 16.3. The van der Waals surface area contributed by atoms with E-state index < -0.39 is 17.7 Å². The molecule has 2 aromatic rings. The van der Waals surface area contributed by atoms with Crippen molar-refractivity contribution in [3.63, 3.8) is 0 Å². The van der Waals surface area contributed by atoms with E-state index in [1.165, 1.54) is 4.90 Å². The quantitative estimate of drug-likeness (QED) is 0.485. The molecule has 0 spiro atoms. The fraction of sp³-hybridized carbons (Fsp3) is 0.304. The standard InChI is InChI=1S/C23H25NO4/c1-23(2,3)17-11-9-15(10-12-17)19-18(20(26)16-7-5-4-6-8-16)21(27)22(28)24(19)13-14-25/h4-12,19,25-26H,13-14H2,1-3H3/b20-18-. The minimum Gasteiger partial charge on any atom is -0.507 e. The van der Waals surface area contributed by atoms with Gasteiger partial charge in [0.05, 0.1) is 18.2 Å². The molecule has 146 valence electrons. The highest BCUT2D eigenvalue weighted by molar-refractivity contribution is 6.46. The lowest BCUT2D eigenvalue weighted by atomic mass is 9.85. The third-order valence-corrected chi connectivity index (χ3v) is 5.02. The van der Waals surface area contributed by atoms with Crippen LogP contribution in [0.4, 0.5) is 0 Å². The highest BCUT2D eigenvalue weighted by atomic mass is 16.3. The number of carbonyl (C=O) groups is 2. The average molecular weight is 379 g/mol. The number of aliphatic hydroxyl groups is 2. The molecule has 1 saturated heterocycles. The monoisotopic (exact) mass is 379 g/mol. The zero-order valence-electron chi connectivity index (χ0n) is 16.3. The molecule has 1 aliphatic rings. The molecule has 2 aromatic carbocycles. The van der Waals surface area contributed by atoms with E-state index in [9.17, 15) is 19.8 Å². The van der Waals surface area contributed by atoms with Crippen molar-refractivity contribution >= 4 is 17.4 Å². The van der Waals surface area contributed by atoms with Gasteiger partial charge in [-0.1, -0.05) is 75.4 Å². The van der Waals surface area contributed by atoms with Crippen LogP contribution in [0.1, 0.15) is 43.5 Å². The van der Waals surface area contributed by atoms with Gasteiger partial charge < -0.3 is 15.1 Å². The van der Waals surface area contributed by atoms with Crippen molar-refractivity contribution in [2.75, 3.05) is 13.2 Å². The number of β-amino-alcohol motifs (C(OH)–C–C–N with tert-alkyl or cyclic N) is 1. The Bertz CT molecular complexity index is 908. The topological polar surface area (TPSA) is 77.8 Å². The summed E-state index contributed by atoms with van der Waals surface area (Å²) in [6.07, 6.45) is 0. The van der Waals surface area contributed by atoms with Gasteiger partial charge in [0, 0.05) is 12.1 Å². The molecular formula is C23H25NO4. The average Bonchev–Trinajstić information content (AvgIpc) is 2.93. The van der Waals surface area contributed by atoms with Gasteiger partial charge in [0.15, 0.2) is 0 Å². The molecule has 1 aliphatic heterocycles. The van der Waals surface area contributed by atoms with Crippen molar-refractivity contribution in [2.45, 2.75) is 32.2 Å². The summed E-state index contributed by atoms with van der Waals surface area (Å²) in [6.45, 7) is 6.07. The summed E-state index contributed by atoms with van der Waals surface area (Å²) in [5, 5.41) is 20.2. The molecule has 3 rings (SSSR count). The largest absolute Gasteiger partial charge is 0.507 e. The van der Waals surface area contributed by atoms with Gasteiger partial charge in [0.1, 0.15) is 5.76 Å². The second kappa shape index (κ2) is 7.60. The molecule has 5 heteroatoms. The Morgan fingerprint density at radius 2 is 1.61 bits per heavy atom. The number of nitrogens with zero attached hydrogens (tertiary/aromatic N) is 1. The smallest absolute Gasteiger partial charge is 0.295 e. The van der Waals surface area contributed by atoms with Gasteiger partial charge in [0.25, 0.3) is 11.7 Å². The summed E-state index contributed by atoms with van der Waals surface area (Å²) in [7, 11) is 0. The maximum absolute atomic E-state index is 12.7. The Morgan fingerprint density at radius 1 is 1.00 bits per heavy atom. The molecule has 2 N–H and O–H groups in total. The number of carbonyl (C=O) groups excluding carboxylic acids is 2. The highest BCUT2D eigenvalue weighted by Crippen LogP contribution is 2.39. The van der Waals surface area contributed by atoms with E-state index in [4.69, 9.17) is 0 Å². The first-order valence-electron chi connectivity index (χ1n) is 9.31. The number of benzene rings is 2. The minimum atomic E-state index is -0.736. The molecule has 1 fully saturated rings. The number of aliphatic hydroxyl groups excluding tert-OH is 2. The normalized spacial score (nSPS) is 19.3. The summed E-state index contributed by atoms with van der Waals surface area (Å²) >= 11 is 0. The molecule has 28 heavy (non-hydrogen) atoms. The van der Waals surface area contributed by atoms with E-state index in [0.29, 0.717) is 5.56 Å². The number of hydrogen-bond donors (Lipinski definition) is 2. The van der Waals surface area contributed by atoms with Crippen molar-refractivity contribution < 1.29 is 19.8 Å². The van der Waals surface area contributed by atoms with E-state index >= 15 is 0 Å². The molecular weight excluding hydrogens is 354 g/mol. The van der Waals surface area contributed by atoms with Gasteiger partial charge in [0.2, 0.25) is 0 Å². The lowest BCUT2D eigenvalue weighted by Crippen LogP contribution is -2.32. The van der Waals surface area contributed by atoms with Crippen LogP contribution in [0, 0.1) is 0 Å². The Labute approximate surface area is 164 Å². The second-order valence-corrected chi connectivity index (χ2v) is 7.95. The van der Waals surface area contributed by atoms with Crippen LogP contribution in [0.25, 0.3) is 5.76 Å². The SMILES string of the molecule is CC(C)(C)c1ccc(C2/C(=C(/O)c3ccccc3)C(=O)C(=O)N2CCO)cc1. The van der Waals surface area contributed by atoms with E-state index in [0.717, 1.165) is 11.1 Å². The predicted octanol–water partition coefficient (Wildman–Crippen LogP) is 3.40. The maximum Gasteiger partial charge on any atom is 0.295 e. The van der Waals surface area contributed by atoms with Crippen molar-refractivity contribution in [3.8, 4) is 0 Å². The number of hydrogen-bond acceptors (Lipinski definition) is 4. The van der Waals surface area contributed by atoms with Crippen LogP contribution in [0.5, 0.6) is 0 Å². The zero-order chi connectivity index (χ0) is 20.5. The molecule has 0 aliphatic carbocycles. The molecule has 0 saturated carbocycles. The first-order chi connectivity index (χ1) is 13.3. The van der Waals surface area contributed by atoms with Crippen molar-refractivity contribution in [2.24, 2.45) is 0 Å². The van der Waals surface area contributed by atoms with Gasteiger partial charge >= 0.3 is 0 Å². The predicted molar refractivity (Wildman–Crippen MR) is 108 cm³/mol. The van der Waals surface area contributed by atoms with Crippen LogP contribution in [0.2, 0.25) is 0 Å². The van der Waals surface area contributed by atoms with E-state index in [1.807, 2.05) is 30.3 Å². The minimum absolute atomic E-state index is 0.0157. The van der Waals surface area contributed by atoms with Crippen LogP contribution in [-0.2, 0) is 15.0 Å². The van der Waals surface area contributed by atoms with E-state index in [-0.39, 0.29) is 29.9 Å². The fourth-order valence-corrected chi connectivity index (χ4v) is 3.48. The molecule has 1 amide bonds. The Kier molecular flexibility index (Phi) is 5.38. The third kappa shape index (κ3) is 3.58. The van der Waals surface area contributed by atoms with Gasteiger partial charge in [-0.15, -0.1) is 0 Å². The maximum atomic E-state index is 12.7. The lowest BCUT2D eigenvalue weighted by molar-refractivity contribution is -0.140. The van der Waals surface area contributed by atoms with Gasteiger partial charge in [-0.25, -0.2) is 0 Å². The van der Waals surface area contributed by atoms with Crippen LogP contribution < -0.4 is 0 Å². The summed E-state index contributed by atoms with van der Waals surface area (Å²) in [6, 6.07) is 15.7. The third-order valence-electron chi connectivity index (χ3n) is 5.02. The Hall–Kier alpha value is -2.92. The van der Waals surface area contributed by atoms with E-state index in [1.54, 1.807) is 24.3 Å². The highest BCUT2D eigenvalue weighted by Gasteiger charge is 2.45. The second-order valence-electron chi connectivity index (χ2n) is 7.95. The number of ketones is 1. The van der Waals surface area contributed by atoms with Crippen molar-refractivity contribution in [1.82, 2.24) is 4.90 Å². The van der Waals surface area contributed by atoms with Gasteiger partial charge in [-0.2, -0.15) is 0 Å². The number of rotatable bonds is 4. The van der Waals surface area contributed by atoms with Gasteiger partial charge in [-0.3, -0.25) is 9.59 Å². The molecule has 0 aromatic heterocycles. The van der Waals surface area contributed by atoms with Crippen LogP contribution >= 0.6 is 0 Å². The summed E-state index contributed by atoms with van der Waals surface area (Å²) in [5.41, 5.74) is 2.33. The molecule has 5 nitrogen and oxygen atoms in total. The Morgan fingerprint density at radius 3 is 2.14 bits per heavy atom. The number of amides is 1. The van der Waals surface area contributed by atoms with Crippen LogP contribution in [-0.4, -0.2) is 40.0 Å². The van der Waals surface area contributed by atoms with Crippen LogP contribution in [0.15, 0.2) is 60.2 Å². The van der Waals surface area contributed by atoms with Crippen molar-refractivity contribution in [3.05, 3.63) is 76.9 Å².